The fourth-order valence-corrected chi connectivity index (χ4v) is 3.49. The molecule has 3 nitrogen and oxygen atoms in total. The Hall–Kier alpha value is -0.980. The Morgan fingerprint density at radius 1 is 1.25 bits per heavy atom. The van der Waals surface area contributed by atoms with E-state index in [0.29, 0.717) is 5.13 Å². The lowest BCUT2D eigenvalue weighted by Crippen LogP contribution is -1.81. The van der Waals surface area contributed by atoms with Crippen LogP contribution in [0.5, 0.6) is 0 Å². The highest BCUT2D eigenvalue weighted by Gasteiger charge is 2.09. The lowest BCUT2D eigenvalue weighted by Gasteiger charge is -1.86. The number of nitrogens with zero attached hydrogens (tertiary/aromatic N) is 2. The van der Waals surface area contributed by atoms with Gasteiger partial charge in [0, 0.05) is 9.85 Å². The number of thiazole rings is 2. The second kappa shape index (κ2) is 3.80. The zero-order chi connectivity index (χ0) is 11.1. The zero-order valence-electron chi connectivity index (χ0n) is 7.98. The first kappa shape index (κ1) is 10.2. The number of benzene rings is 1. The van der Waals surface area contributed by atoms with E-state index in [4.69, 9.17) is 5.73 Å². The summed E-state index contributed by atoms with van der Waals surface area (Å²) < 4.78 is 2.21. The summed E-state index contributed by atoms with van der Waals surface area (Å²) in [6.07, 6.45) is 0. The molecule has 2 heterocycles. The maximum absolute atomic E-state index is 5.61. The van der Waals surface area contributed by atoms with Crippen LogP contribution in [0.1, 0.15) is 0 Å². The molecule has 3 rings (SSSR count). The third-order valence-electron chi connectivity index (χ3n) is 2.09. The number of aromatic nitrogens is 2. The molecule has 1 aromatic carbocycles. The molecule has 16 heavy (non-hydrogen) atoms. The van der Waals surface area contributed by atoms with Crippen molar-refractivity contribution in [3.63, 3.8) is 0 Å². The summed E-state index contributed by atoms with van der Waals surface area (Å²) in [5, 5.41) is 3.43. The largest absolute Gasteiger partial charge is 0.375 e. The van der Waals surface area contributed by atoms with Gasteiger partial charge in [-0.05, 0) is 18.2 Å². The van der Waals surface area contributed by atoms with E-state index >= 15 is 0 Å². The second-order valence-corrected chi connectivity index (χ2v) is 6.04. The van der Waals surface area contributed by atoms with Crippen LogP contribution < -0.4 is 5.73 Å². The van der Waals surface area contributed by atoms with E-state index < -0.39 is 0 Å². The van der Waals surface area contributed by atoms with Gasteiger partial charge in [0.25, 0.3) is 0 Å². The standard InChI is InChI=1S/C10H6BrN3S2/c11-5-1-2-6-8(3-5)16-9(13-6)7-4-15-10(12)14-7/h1-4H,(H2,12,14). The van der Waals surface area contributed by atoms with Gasteiger partial charge in [-0.15, -0.1) is 22.7 Å². The minimum absolute atomic E-state index is 0.579. The molecule has 0 bridgehead atoms. The van der Waals surface area contributed by atoms with Crippen molar-refractivity contribution in [1.82, 2.24) is 9.97 Å². The Labute approximate surface area is 108 Å². The topological polar surface area (TPSA) is 51.8 Å². The highest BCUT2D eigenvalue weighted by Crippen LogP contribution is 2.32. The van der Waals surface area contributed by atoms with Gasteiger partial charge in [0.2, 0.25) is 0 Å². The number of nitrogens with two attached hydrogens (primary N) is 1. The van der Waals surface area contributed by atoms with E-state index in [-0.39, 0.29) is 0 Å². The van der Waals surface area contributed by atoms with E-state index in [1.54, 1.807) is 11.3 Å². The van der Waals surface area contributed by atoms with Crippen LogP contribution in [0.4, 0.5) is 5.13 Å². The molecule has 0 saturated carbocycles. The lowest BCUT2D eigenvalue weighted by molar-refractivity contribution is 1.37. The van der Waals surface area contributed by atoms with Crippen LogP contribution in [-0.4, -0.2) is 9.97 Å². The number of hydrogen-bond acceptors (Lipinski definition) is 5. The Morgan fingerprint density at radius 3 is 2.88 bits per heavy atom. The summed E-state index contributed by atoms with van der Waals surface area (Å²) in [7, 11) is 0. The lowest BCUT2D eigenvalue weighted by atomic mass is 10.3. The van der Waals surface area contributed by atoms with Crippen LogP contribution in [0.25, 0.3) is 20.9 Å². The molecular formula is C10H6BrN3S2. The van der Waals surface area contributed by atoms with Crippen molar-refractivity contribution in [1.29, 1.82) is 0 Å². The number of rotatable bonds is 1. The third-order valence-corrected chi connectivity index (χ3v) is 4.30. The summed E-state index contributed by atoms with van der Waals surface area (Å²) in [4.78, 5) is 8.75. The Bertz CT molecular complexity index is 659. The maximum Gasteiger partial charge on any atom is 0.180 e. The maximum atomic E-state index is 5.61. The molecule has 0 saturated heterocycles. The minimum Gasteiger partial charge on any atom is -0.375 e. The molecule has 6 heteroatoms. The normalized spacial score (nSPS) is 11.1. The second-order valence-electron chi connectivity index (χ2n) is 3.20. The molecule has 0 atom stereocenters. The van der Waals surface area contributed by atoms with Crippen molar-refractivity contribution in [3.05, 3.63) is 28.1 Å². The van der Waals surface area contributed by atoms with Crippen molar-refractivity contribution >= 4 is 54.0 Å². The molecule has 2 aromatic heterocycles. The number of halogens is 1. The van der Waals surface area contributed by atoms with Crippen molar-refractivity contribution in [2.45, 2.75) is 0 Å². The summed E-state index contributed by atoms with van der Waals surface area (Å²) in [6, 6.07) is 6.04. The fraction of sp³-hybridized carbons (Fsp3) is 0. The van der Waals surface area contributed by atoms with E-state index in [2.05, 4.69) is 32.0 Å². The van der Waals surface area contributed by atoms with E-state index in [0.717, 1.165) is 25.4 Å². The van der Waals surface area contributed by atoms with Crippen LogP contribution in [-0.2, 0) is 0 Å². The number of anilines is 1. The van der Waals surface area contributed by atoms with Gasteiger partial charge in [0.05, 0.1) is 10.2 Å². The van der Waals surface area contributed by atoms with Gasteiger partial charge in [0.1, 0.15) is 10.7 Å². The van der Waals surface area contributed by atoms with E-state index in [1.165, 1.54) is 11.3 Å². The van der Waals surface area contributed by atoms with Gasteiger partial charge < -0.3 is 5.73 Å². The van der Waals surface area contributed by atoms with Gasteiger partial charge in [-0.2, -0.15) is 0 Å². The molecular weight excluding hydrogens is 306 g/mol. The molecule has 0 aliphatic carbocycles. The summed E-state index contributed by atoms with van der Waals surface area (Å²) in [5.41, 5.74) is 7.47. The fourth-order valence-electron chi connectivity index (χ4n) is 1.39. The Kier molecular flexibility index (Phi) is 2.42. The van der Waals surface area contributed by atoms with Crippen molar-refractivity contribution in [2.24, 2.45) is 0 Å². The first-order valence-electron chi connectivity index (χ1n) is 4.50. The van der Waals surface area contributed by atoms with Crippen LogP contribution in [0, 0.1) is 0 Å². The van der Waals surface area contributed by atoms with Crippen LogP contribution >= 0.6 is 38.6 Å². The predicted octanol–water partition coefficient (Wildman–Crippen LogP) is 3.76. The summed E-state index contributed by atoms with van der Waals surface area (Å²) in [6.45, 7) is 0. The Balaban J connectivity index is 2.18. The Morgan fingerprint density at radius 2 is 2.12 bits per heavy atom. The highest BCUT2D eigenvalue weighted by molar-refractivity contribution is 9.10. The zero-order valence-corrected chi connectivity index (χ0v) is 11.2. The molecule has 80 valence electrons. The molecule has 0 amide bonds. The molecule has 0 unspecified atom stereocenters. The molecule has 0 fully saturated rings. The number of fused-ring (bicyclic) bond motifs is 1. The monoisotopic (exact) mass is 311 g/mol. The average Bonchev–Trinajstić information content (AvgIpc) is 2.83. The van der Waals surface area contributed by atoms with Gasteiger partial charge >= 0.3 is 0 Å². The van der Waals surface area contributed by atoms with Crippen molar-refractivity contribution in [2.75, 3.05) is 5.73 Å². The minimum atomic E-state index is 0.579. The van der Waals surface area contributed by atoms with E-state index in [1.807, 2.05) is 17.5 Å². The first-order valence-corrected chi connectivity index (χ1v) is 6.99. The molecule has 0 radical (unpaired) electrons. The van der Waals surface area contributed by atoms with Gasteiger partial charge in [-0.1, -0.05) is 15.9 Å². The average molecular weight is 312 g/mol. The quantitative estimate of drug-likeness (QED) is 0.744. The van der Waals surface area contributed by atoms with Crippen molar-refractivity contribution < 1.29 is 0 Å². The van der Waals surface area contributed by atoms with Gasteiger partial charge in [-0.25, -0.2) is 9.97 Å². The first-order chi connectivity index (χ1) is 7.72. The summed E-state index contributed by atoms with van der Waals surface area (Å²) in [5.74, 6) is 0. The van der Waals surface area contributed by atoms with Gasteiger partial charge in [0.15, 0.2) is 5.13 Å². The predicted molar refractivity (Wildman–Crippen MR) is 72.8 cm³/mol. The van der Waals surface area contributed by atoms with Gasteiger partial charge in [-0.3, -0.25) is 0 Å². The van der Waals surface area contributed by atoms with Crippen LogP contribution in [0.15, 0.2) is 28.1 Å². The number of hydrogen-bond donors (Lipinski definition) is 1. The van der Waals surface area contributed by atoms with Crippen LogP contribution in [0.3, 0.4) is 0 Å². The molecule has 3 aromatic rings. The molecule has 0 aliphatic rings. The smallest absolute Gasteiger partial charge is 0.180 e. The number of nitrogen functional groups attached to an aromatic ring is 1. The highest BCUT2D eigenvalue weighted by atomic mass is 79.9. The summed E-state index contributed by atoms with van der Waals surface area (Å²) >= 11 is 6.51. The third kappa shape index (κ3) is 1.73. The van der Waals surface area contributed by atoms with E-state index in [9.17, 15) is 0 Å². The molecule has 0 aliphatic heterocycles. The van der Waals surface area contributed by atoms with Crippen molar-refractivity contribution in [3.8, 4) is 10.7 Å². The SMILES string of the molecule is Nc1nc(-c2nc3ccc(Br)cc3s2)cs1. The van der Waals surface area contributed by atoms with Crippen LogP contribution in [0.2, 0.25) is 0 Å². The molecule has 0 spiro atoms. The molecule has 2 N–H and O–H groups in total.